The second kappa shape index (κ2) is 13.2. The summed E-state index contributed by atoms with van der Waals surface area (Å²) in [4.78, 5) is 0. The highest BCUT2D eigenvalue weighted by atomic mass is 16.2. The van der Waals surface area contributed by atoms with E-state index in [1.54, 1.807) is 0 Å². The van der Waals surface area contributed by atoms with Gasteiger partial charge in [0.25, 0.3) is 0 Å². The van der Waals surface area contributed by atoms with Crippen LogP contribution in [0.25, 0.3) is 0 Å². The normalized spacial score (nSPS) is 12.6. The molecule has 1 unspecified atom stereocenters. The maximum absolute atomic E-state index is 9.76. The van der Waals surface area contributed by atoms with Crippen molar-refractivity contribution in [1.29, 1.82) is 0 Å². The van der Waals surface area contributed by atoms with Crippen molar-refractivity contribution < 1.29 is 5.11 Å². The van der Waals surface area contributed by atoms with Crippen molar-refractivity contribution >= 4 is 0 Å². The van der Waals surface area contributed by atoms with Gasteiger partial charge in [0.15, 0.2) is 0 Å². The minimum atomic E-state index is -0.220. The fourth-order valence-corrected chi connectivity index (χ4v) is 5.40. The van der Waals surface area contributed by atoms with E-state index in [9.17, 15) is 5.11 Å². The molecule has 1 heteroatoms. The van der Waals surface area contributed by atoms with Crippen molar-refractivity contribution in [2.24, 2.45) is 5.92 Å². The van der Waals surface area contributed by atoms with Crippen LogP contribution in [0.2, 0.25) is 0 Å². The van der Waals surface area contributed by atoms with Crippen molar-refractivity contribution in [3.8, 4) is 0 Å². The Labute approximate surface area is 195 Å². The van der Waals surface area contributed by atoms with Gasteiger partial charge in [0, 0.05) is 12.0 Å². The van der Waals surface area contributed by atoms with Gasteiger partial charge in [-0.15, -0.1) is 0 Å². The van der Waals surface area contributed by atoms with Gasteiger partial charge in [-0.25, -0.2) is 0 Å². The Balaban J connectivity index is 2.07. The lowest BCUT2D eigenvalue weighted by molar-refractivity contribution is 0.243. The van der Waals surface area contributed by atoms with Crippen LogP contribution in [-0.4, -0.2) is 11.7 Å². The Bertz CT molecular complexity index is 760. The Morgan fingerprint density at radius 3 is 1.41 bits per heavy atom. The van der Waals surface area contributed by atoms with Crippen molar-refractivity contribution in [1.82, 2.24) is 0 Å². The van der Waals surface area contributed by atoms with E-state index in [1.165, 1.54) is 61.6 Å². The molecule has 1 atom stereocenters. The van der Waals surface area contributed by atoms with Crippen LogP contribution in [0.3, 0.4) is 0 Å². The molecule has 0 aliphatic carbocycles. The first-order chi connectivity index (χ1) is 15.8. The first-order valence-electron chi connectivity index (χ1n) is 12.6. The summed E-state index contributed by atoms with van der Waals surface area (Å²) in [7, 11) is 0. The van der Waals surface area contributed by atoms with Gasteiger partial charge in [-0.1, -0.05) is 136 Å². The second-order valence-corrected chi connectivity index (χ2v) is 9.03. The van der Waals surface area contributed by atoms with E-state index in [4.69, 9.17) is 0 Å². The molecule has 0 radical (unpaired) electrons. The smallest absolute Gasteiger partial charge is 0.0479 e. The summed E-state index contributed by atoms with van der Waals surface area (Å²) in [6.07, 6.45) is 10.9. The van der Waals surface area contributed by atoms with Crippen LogP contribution >= 0.6 is 0 Å². The topological polar surface area (TPSA) is 20.2 Å². The maximum Gasteiger partial charge on any atom is 0.0479 e. The molecule has 0 amide bonds. The summed E-state index contributed by atoms with van der Waals surface area (Å²) < 4.78 is 0. The molecular weight excluding hydrogens is 388 g/mol. The van der Waals surface area contributed by atoms with Gasteiger partial charge in [-0.3, -0.25) is 0 Å². The van der Waals surface area contributed by atoms with E-state index >= 15 is 0 Å². The molecule has 0 spiro atoms. The third-order valence-corrected chi connectivity index (χ3v) is 6.92. The van der Waals surface area contributed by atoms with E-state index in [0.29, 0.717) is 5.92 Å². The van der Waals surface area contributed by atoms with E-state index in [1.807, 2.05) is 0 Å². The Morgan fingerprint density at radius 2 is 0.969 bits per heavy atom. The standard InChI is InChI=1S/C31H40O/c1-2-3-4-5-6-10-18-30(25-17-26-32)31(27-19-11-7-12-20-27,28-21-13-8-14-22-28)29-23-15-9-16-24-29/h7-9,11-16,19-24,30,32H,2-6,10,17-18,25-26H2,1H3. The zero-order valence-electron chi connectivity index (χ0n) is 19.8. The number of aliphatic hydroxyl groups excluding tert-OH is 1. The predicted octanol–water partition coefficient (Wildman–Crippen LogP) is 8.16. The molecule has 0 bridgehead atoms. The predicted molar refractivity (Wildman–Crippen MR) is 137 cm³/mol. The van der Waals surface area contributed by atoms with Crippen LogP contribution in [0.4, 0.5) is 0 Å². The Morgan fingerprint density at radius 1 is 0.562 bits per heavy atom. The van der Waals surface area contributed by atoms with Crippen LogP contribution in [-0.2, 0) is 5.41 Å². The molecule has 3 aromatic rings. The Hall–Kier alpha value is -2.38. The largest absolute Gasteiger partial charge is 0.396 e. The first-order valence-corrected chi connectivity index (χ1v) is 12.6. The monoisotopic (exact) mass is 428 g/mol. The van der Waals surface area contributed by atoms with Crippen LogP contribution in [0.1, 0.15) is 81.4 Å². The number of unbranched alkanes of at least 4 members (excludes halogenated alkanes) is 5. The van der Waals surface area contributed by atoms with Crippen molar-refractivity contribution in [3.63, 3.8) is 0 Å². The van der Waals surface area contributed by atoms with Gasteiger partial charge in [0.2, 0.25) is 0 Å². The highest BCUT2D eigenvalue weighted by molar-refractivity contribution is 5.51. The van der Waals surface area contributed by atoms with Gasteiger partial charge in [0.05, 0.1) is 0 Å². The average molecular weight is 429 g/mol. The van der Waals surface area contributed by atoms with Crippen LogP contribution in [0.15, 0.2) is 91.0 Å². The van der Waals surface area contributed by atoms with Crippen molar-refractivity contribution in [2.75, 3.05) is 6.61 Å². The average Bonchev–Trinajstić information content (AvgIpc) is 2.86. The van der Waals surface area contributed by atoms with Gasteiger partial charge in [-0.05, 0) is 41.9 Å². The molecule has 170 valence electrons. The number of aliphatic hydroxyl groups is 1. The number of hydrogen-bond donors (Lipinski definition) is 1. The van der Waals surface area contributed by atoms with E-state index in [2.05, 4.69) is 97.9 Å². The lowest BCUT2D eigenvalue weighted by Gasteiger charge is -2.43. The van der Waals surface area contributed by atoms with Gasteiger partial charge in [-0.2, -0.15) is 0 Å². The highest BCUT2D eigenvalue weighted by Gasteiger charge is 2.42. The summed E-state index contributed by atoms with van der Waals surface area (Å²) in [5.41, 5.74) is 3.84. The molecule has 0 aliphatic heterocycles. The molecule has 0 saturated carbocycles. The van der Waals surface area contributed by atoms with Crippen molar-refractivity contribution in [2.45, 2.75) is 70.1 Å². The molecule has 0 fully saturated rings. The van der Waals surface area contributed by atoms with Gasteiger partial charge >= 0.3 is 0 Å². The quantitative estimate of drug-likeness (QED) is 0.203. The van der Waals surface area contributed by atoms with E-state index in [-0.39, 0.29) is 12.0 Å². The molecule has 3 aromatic carbocycles. The minimum absolute atomic E-state index is 0.220. The summed E-state index contributed by atoms with van der Waals surface area (Å²) in [6, 6.07) is 33.2. The number of rotatable bonds is 14. The number of benzene rings is 3. The summed E-state index contributed by atoms with van der Waals surface area (Å²) in [6.45, 7) is 2.53. The molecule has 1 nitrogen and oxygen atoms in total. The van der Waals surface area contributed by atoms with E-state index < -0.39 is 0 Å². The zero-order chi connectivity index (χ0) is 22.5. The lowest BCUT2D eigenvalue weighted by atomic mass is 9.59. The molecule has 1 N–H and O–H groups in total. The fourth-order valence-electron chi connectivity index (χ4n) is 5.40. The van der Waals surface area contributed by atoms with E-state index in [0.717, 1.165) is 12.8 Å². The zero-order valence-corrected chi connectivity index (χ0v) is 19.8. The van der Waals surface area contributed by atoms with Crippen LogP contribution in [0, 0.1) is 5.92 Å². The molecule has 3 rings (SSSR count). The molecule has 0 saturated heterocycles. The minimum Gasteiger partial charge on any atom is -0.396 e. The van der Waals surface area contributed by atoms with Crippen molar-refractivity contribution in [3.05, 3.63) is 108 Å². The summed E-state index contributed by atoms with van der Waals surface area (Å²) in [5.74, 6) is 0.424. The van der Waals surface area contributed by atoms with Gasteiger partial charge < -0.3 is 5.11 Å². The third kappa shape index (κ3) is 5.90. The second-order valence-electron chi connectivity index (χ2n) is 9.03. The maximum atomic E-state index is 9.76. The third-order valence-electron chi connectivity index (χ3n) is 6.92. The lowest BCUT2D eigenvalue weighted by Crippen LogP contribution is -2.38. The Kier molecular flexibility index (Phi) is 10.0. The molecule has 0 aromatic heterocycles. The van der Waals surface area contributed by atoms with Crippen LogP contribution in [0.5, 0.6) is 0 Å². The highest BCUT2D eigenvalue weighted by Crippen LogP contribution is 2.48. The molecule has 0 aliphatic rings. The summed E-state index contributed by atoms with van der Waals surface area (Å²) in [5, 5.41) is 9.76. The molecule has 32 heavy (non-hydrogen) atoms. The number of hydrogen-bond acceptors (Lipinski definition) is 1. The fraction of sp³-hybridized carbons (Fsp3) is 0.419. The van der Waals surface area contributed by atoms with Gasteiger partial charge in [0.1, 0.15) is 0 Å². The summed E-state index contributed by atoms with van der Waals surface area (Å²) >= 11 is 0. The molecule has 0 heterocycles. The first kappa shape index (κ1) is 24.3. The van der Waals surface area contributed by atoms with Crippen LogP contribution < -0.4 is 0 Å². The SMILES string of the molecule is CCCCCCCCC(CCCO)C(c1ccccc1)(c1ccccc1)c1ccccc1. The molecular formula is C31H40O.